The van der Waals surface area contributed by atoms with Crippen LogP contribution in [0, 0.1) is 29.1 Å². The number of nitrogens with zero attached hydrogens (tertiary/aromatic N) is 1. The molecule has 3 rings (SSSR count). The lowest BCUT2D eigenvalue weighted by Gasteiger charge is -2.09. The predicted molar refractivity (Wildman–Crippen MR) is 34.0 cm³/mol. The van der Waals surface area contributed by atoms with Gasteiger partial charge in [-0.2, -0.15) is 5.26 Å². The van der Waals surface area contributed by atoms with Crippen molar-refractivity contribution < 1.29 is 4.74 Å². The zero-order valence-corrected chi connectivity index (χ0v) is 5.66. The van der Waals surface area contributed by atoms with E-state index in [0.717, 1.165) is 12.3 Å². The maximum Gasteiger partial charge on any atom is 0.0885 e. The van der Waals surface area contributed by atoms with Gasteiger partial charge in [0.05, 0.1) is 24.2 Å². The molecule has 2 bridgehead atoms. The fourth-order valence-corrected chi connectivity index (χ4v) is 2.75. The lowest BCUT2D eigenvalue weighted by Crippen LogP contribution is -2.15. The topological polar surface area (TPSA) is 36.3 Å². The summed E-state index contributed by atoms with van der Waals surface area (Å²) in [6.07, 6.45) is 3.47. The maximum atomic E-state index is 8.72. The first-order chi connectivity index (χ1) is 4.90. The van der Waals surface area contributed by atoms with Gasteiger partial charge in [0.15, 0.2) is 0 Å². The highest BCUT2D eigenvalue weighted by Gasteiger charge is 2.63. The highest BCUT2D eigenvalue weighted by Crippen LogP contribution is 2.58. The predicted octanol–water partition coefficient (Wildman–Crippen LogP) is 0.933. The Bertz CT molecular complexity index is 220. The van der Waals surface area contributed by atoms with E-state index < -0.39 is 0 Å². The van der Waals surface area contributed by atoms with Crippen molar-refractivity contribution >= 4 is 0 Å². The summed E-state index contributed by atoms with van der Waals surface area (Å²) in [7, 11) is 0. The first kappa shape index (κ1) is 5.15. The Hall–Kier alpha value is -0.550. The molecule has 2 aliphatic carbocycles. The monoisotopic (exact) mass is 135 g/mol. The van der Waals surface area contributed by atoms with Gasteiger partial charge < -0.3 is 4.74 Å². The van der Waals surface area contributed by atoms with E-state index in [1.54, 1.807) is 0 Å². The summed E-state index contributed by atoms with van der Waals surface area (Å²) >= 11 is 0. The van der Waals surface area contributed by atoms with Crippen LogP contribution in [0.2, 0.25) is 0 Å². The standard InChI is InChI=1S/C8H9NO/c9-3-5-1-4-2-6(5)8-7(4)10-8/h4-8H,1-2H2/t4-,5+,6-,7+,8+/m1/s1. The van der Waals surface area contributed by atoms with Crippen LogP contribution < -0.4 is 0 Å². The Morgan fingerprint density at radius 1 is 1.30 bits per heavy atom. The van der Waals surface area contributed by atoms with Gasteiger partial charge in [-0.05, 0) is 18.8 Å². The molecule has 1 saturated heterocycles. The minimum atomic E-state index is 0.328. The van der Waals surface area contributed by atoms with Crippen LogP contribution in [0.15, 0.2) is 0 Å². The van der Waals surface area contributed by atoms with Crippen molar-refractivity contribution in [3.63, 3.8) is 0 Å². The van der Waals surface area contributed by atoms with Crippen LogP contribution >= 0.6 is 0 Å². The van der Waals surface area contributed by atoms with Crippen molar-refractivity contribution in [1.82, 2.24) is 0 Å². The lowest BCUT2D eigenvalue weighted by molar-refractivity contribution is 0.259. The van der Waals surface area contributed by atoms with Crippen molar-refractivity contribution in [2.45, 2.75) is 25.0 Å². The quantitative estimate of drug-likeness (QED) is 0.463. The maximum absolute atomic E-state index is 8.72. The number of fused-ring (bicyclic) bond motifs is 5. The zero-order chi connectivity index (χ0) is 6.72. The molecule has 2 saturated carbocycles. The molecule has 1 aliphatic heterocycles. The Morgan fingerprint density at radius 3 is 2.80 bits per heavy atom. The molecule has 0 aromatic rings. The normalized spacial score (nSPS) is 61.7. The first-order valence-electron chi connectivity index (χ1n) is 3.95. The molecule has 0 aromatic carbocycles. The second kappa shape index (κ2) is 1.38. The molecule has 5 atom stereocenters. The molecule has 2 heteroatoms. The number of rotatable bonds is 0. The molecule has 3 aliphatic rings. The van der Waals surface area contributed by atoms with Crippen molar-refractivity contribution in [1.29, 1.82) is 5.26 Å². The van der Waals surface area contributed by atoms with Gasteiger partial charge in [0, 0.05) is 5.92 Å². The SMILES string of the molecule is N#C[C@@H]1C[C@@H]2C[C@H]1[C@@H]1O[C@@H]21. The lowest BCUT2D eigenvalue weighted by atomic mass is 9.90. The summed E-state index contributed by atoms with van der Waals surface area (Å²) in [6, 6.07) is 2.37. The van der Waals surface area contributed by atoms with E-state index in [1.807, 2.05) is 0 Å². The van der Waals surface area contributed by atoms with Crippen LogP contribution in [-0.2, 0) is 4.74 Å². The van der Waals surface area contributed by atoms with E-state index in [1.165, 1.54) is 6.42 Å². The fourth-order valence-electron chi connectivity index (χ4n) is 2.75. The van der Waals surface area contributed by atoms with Crippen LogP contribution in [0.4, 0.5) is 0 Å². The molecule has 52 valence electrons. The van der Waals surface area contributed by atoms with E-state index in [9.17, 15) is 0 Å². The smallest absolute Gasteiger partial charge is 0.0885 e. The van der Waals surface area contributed by atoms with Gasteiger partial charge in [0.25, 0.3) is 0 Å². The van der Waals surface area contributed by atoms with Gasteiger partial charge >= 0.3 is 0 Å². The van der Waals surface area contributed by atoms with E-state index in [-0.39, 0.29) is 0 Å². The van der Waals surface area contributed by atoms with Crippen molar-refractivity contribution in [2.24, 2.45) is 17.8 Å². The molecule has 0 aromatic heterocycles. The Morgan fingerprint density at radius 2 is 2.20 bits per heavy atom. The molecule has 0 amide bonds. The van der Waals surface area contributed by atoms with Crippen molar-refractivity contribution in [3.05, 3.63) is 0 Å². The van der Waals surface area contributed by atoms with E-state index in [2.05, 4.69) is 6.07 Å². The summed E-state index contributed by atoms with van der Waals surface area (Å²) in [4.78, 5) is 0. The minimum absolute atomic E-state index is 0.328. The summed E-state index contributed by atoms with van der Waals surface area (Å²) < 4.78 is 5.42. The molecule has 0 spiro atoms. The van der Waals surface area contributed by atoms with Crippen LogP contribution in [0.3, 0.4) is 0 Å². The zero-order valence-electron chi connectivity index (χ0n) is 5.66. The highest BCUT2D eigenvalue weighted by atomic mass is 16.6. The van der Waals surface area contributed by atoms with Gasteiger partial charge in [0.2, 0.25) is 0 Å². The van der Waals surface area contributed by atoms with Gasteiger partial charge in [-0.15, -0.1) is 0 Å². The van der Waals surface area contributed by atoms with Crippen LogP contribution in [0.25, 0.3) is 0 Å². The Kier molecular flexibility index (Phi) is 0.709. The number of hydrogen-bond donors (Lipinski definition) is 0. The van der Waals surface area contributed by atoms with Gasteiger partial charge in [0.1, 0.15) is 0 Å². The molecule has 2 nitrogen and oxygen atoms in total. The van der Waals surface area contributed by atoms with Gasteiger partial charge in [-0.3, -0.25) is 0 Å². The minimum Gasteiger partial charge on any atom is -0.369 e. The third-order valence-corrected chi connectivity index (χ3v) is 3.26. The van der Waals surface area contributed by atoms with Gasteiger partial charge in [-0.25, -0.2) is 0 Å². The molecule has 0 radical (unpaired) electrons. The average molecular weight is 135 g/mol. The van der Waals surface area contributed by atoms with E-state index >= 15 is 0 Å². The Labute approximate surface area is 59.8 Å². The van der Waals surface area contributed by atoms with E-state index in [0.29, 0.717) is 24.0 Å². The Balaban J connectivity index is 1.93. The molecule has 0 unspecified atom stereocenters. The fraction of sp³-hybridized carbons (Fsp3) is 0.875. The molecule has 10 heavy (non-hydrogen) atoms. The number of hydrogen-bond acceptors (Lipinski definition) is 2. The number of ether oxygens (including phenoxy) is 1. The largest absolute Gasteiger partial charge is 0.369 e. The second-order valence-corrected chi connectivity index (χ2v) is 3.70. The number of nitriles is 1. The average Bonchev–Trinajstić information content (AvgIpc) is 2.58. The molecule has 3 fully saturated rings. The van der Waals surface area contributed by atoms with Crippen LogP contribution in [0.5, 0.6) is 0 Å². The molecular formula is C8H9NO. The molecular weight excluding hydrogens is 126 g/mol. The summed E-state index contributed by atoms with van der Waals surface area (Å²) in [5.74, 6) is 1.69. The summed E-state index contributed by atoms with van der Waals surface area (Å²) in [5, 5.41) is 8.72. The van der Waals surface area contributed by atoms with Crippen molar-refractivity contribution in [2.75, 3.05) is 0 Å². The molecule has 1 heterocycles. The van der Waals surface area contributed by atoms with Crippen LogP contribution in [0.1, 0.15) is 12.8 Å². The third-order valence-electron chi connectivity index (χ3n) is 3.26. The summed E-state index contributed by atoms with van der Waals surface area (Å²) in [5.41, 5.74) is 0. The first-order valence-corrected chi connectivity index (χ1v) is 3.95. The van der Waals surface area contributed by atoms with Gasteiger partial charge in [-0.1, -0.05) is 0 Å². The third kappa shape index (κ3) is 0.411. The highest BCUT2D eigenvalue weighted by molar-refractivity contribution is 5.14. The molecule has 0 N–H and O–H groups in total. The second-order valence-electron chi connectivity index (χ2n) is 3.70. The van der Waals surface area contributed by atoms with Crippen molar-refractivity contribution in [3.8, 4) is 6.07 Å². The summed E-state index contributed by atoms with van der Waals surface area (Å²) in [6.45, 7) is 0. The number of epoxide rings is 1. The van der Waals surface area contributed by atoms with E-state index in [4.69, 9.17) is 10.00 Å². The van der Waals surface area contributed by atoms with Crippen LogP contribution in [-0.4, -0.2) is 12.2 Å².